The van der Waals surface area contributed by atoms with E-state index in [-0.39, 0.29) is 12.0 Å². The summed E-state index contributed by atoms with van der Waals surface area (Å²) in [5.74, 6) is -0.569. The smallest absolute Gasteiger partial charge is 0.153 e. The van der Waals surface area contributed by atoms with Gasteiger partial charge in [0.2, 0.25) is 0 Å². The van der Waals surface area contributed by atoms with Crippen LogP contribution < -0.4 is 0 Å². The Balaban J connectivity index is 3.36. The fourth-order valence-electron chi connectivity index (χ4n) is 0.996. The lowest BCUT2D eigenvalue weighted by Gasteiger charge is -2.03. The van der Waals surface area contributed by atoms with E-state index in [0.29, 0.717) is 11.8 Å². The number of nitrogens with zero attached hydrogens (tertiary/aromatic N) is 1. The molecule has 0 aliphatic rings. The van der Waals surface area contributed by atoms with Crippen LogP contribution in [0.15, 0.2) is 12.1 Å². The Labute approximate surface area is 88.5 Å². The van der Waals surface area contributed by atoms with Crippen LogP contribution in [0.5, 0.6) is 0 Å². The molecule has 0 fully saturated rings. The van der Waals surface area contributed by atoms with Crippen molar-refractivity contribution in [1.29, 1.82) is 5.26 Å². The molecule has 66 valence electrons. The predicted octanol–water partition coefficient (Wildman–Crippen LogP) is 2.31. The number of carbonyl (C=O) groups excluding carboxylic acids is 1. The zero-order valence-electron chi connectivity index (χ0n) is 6.55. The number of carbonyl (C=O) groups is 1. The average Bonchev–Trinajstić information content (AvgIpc) is 2.12. The Kier molecular flexibility index (Phi) is 3.37. The maximum atomic E-state index is 13.0. The molecule has 0 aliphatic heterocycles. The van der Waals surface area contributed by atoms with Gasteiger partial charge in [-0.2, -0.15) is 5.26 Å². The zero-order chi connectivity index (χ0) is 9.84. The molecule has 0 unspecified atom stereocenters. The van der Waals surface area contributed by atoms with Crippen LogP contribution in [-0.4, -0.2) is 6.29 Å². The number of aldehydes is 1. The van der Waals surface area contributed by atoms with Gasteiger partial charge in [0.25, 0.3) is 0 Å². The summed E-state index contributed by atoms with van der Waals surface area (Å²) in [6.45, 7) is 0. The number of nitriles is 1. The summed E-state index contributed by atoms with van der Waals surface area (Å²) in [4.78, 5) is 10.5. The van der Waals surface area contributed by atoms with Crippen LogP contribution in [0, 0.1) is 20.7 Å². The van der Waals surface area contributed by atoms with Crippen LogP contribution in [0.25, 0.3) is 0 Å². The molecule has 1 aromatic rings. The standard InChI is InChI=1S/C9H5FINO/c10-8-1-2-9(11)6(3-4-12)7(8)5-13/h1-2,5H,3H2. The van der Waals surface area contributed by atoms with Crippen molar-refractivity contribution in [2.45, 2.75) is 6.42 Å². The molecular weight excluding hydrogens is 284 g/mol. The molecule has 0 aliphatic carbocycles. The van der Waals surface area contributed by atoms with Crippen LogP contribution >= 0.6 is 22.6 Å². The van der Waals surface area contributed by atoms with Crippen molar-refractivity contribution in [3.63, 3.8) is 0 Å². The van der Waals surface area contributed by atoms with Gasteiger partial charge in [0.15, 0.2) is 6.29 Å². The van der Waals surface area contributed by atoms with Crippen LogP contribution in [0.3, 0.4) is 0 Å². The third-order valence-corrected chi connectivity index (χ3v) is 2.63. The SMILES string of the molecule is N#CCc1c(I)ccc(F)c1C=O. The lowest BCUT2D eigenvalue weighted by molar-refractivity contribution is 0.111. The normalized spacial score (nSPS) is 9.31. The third kappa shape index (κ3) is 2.04. The summed E-state index contributed by atoms with van der Waals surface area (Å²) in [6.07, 6.45) is 0.508. The highest BCUT2D eigenvalue weighted by atomic mass is 127. The number of rotatable bonds is 2. The molecule has 13 heavy (non-hydrogen) atoms. The maximum absolute atomic E-state index is 13.0. The van der Waals surface area contributed by atoms with Gasteiger partial charge in [0.05, 0.1) is 18.1 Å². The van der Waals surface area contributed by atoms with E-state index in [2.05, 4.69) is 0 Å². The predicted molar refractivity (Wildman–Crippen MR) is 53.8 cm³/mol. The van der Waals surface area contributed by atoms with Gasteiger partial charge in [-0.05, 0) is 40.3 Å². The fourth-order valence-corrected chi connectivity index (χ4v) is 1.66. The molecule has 4 heteroatoms. The van der Waals surface area contributed by atoms with E-state index in [1.165, 1.54) is 6.07 Å². The summed E-state index contributed by atoms with van der Waals surface area (Å²) in [5, 5.41) is 8.46. The lowest BCUT2D eigenvalue weighted by Crippen LogP contribution is -1.99. The fraction of sp³-hybridized carbons (Fsp3) is 0.111. The molecule has 2 nitrogen and oxygen atoms in total. The molecule has 1 aromatic carbocycles. The minimum absolute atomic E-state index is 0.00606. The van der Waals surface area contributed by atoms with Gasteiger partial charge in [-0.25, -0.2) is 4.39 Å². The van der Waals surface area contributed by atoms with Gasteiger partial charge in [0, 0.05) is 3.57 Å². The minimum atomic E-state index is -0.569. The van der Waals surface area contributed by atoms with Crippen LogP contribution in [-0.2, 0) is 6.42 Å². The molecule has 0 radical (unpaired) electrons. The highest BCUT2D eigenvalue weighted by Gasteiger charge is 2.10. The van der Waals surface area contributed by atoms with Gasteiger partial charge in [-0.3, -0.25) is 4.79 Å². The quantitative estimate of drug-likeness (QED) is 0.619. The molecule has 0 bridgehead atoms. The Bertz CT molecular complexity index is 384. The second kappa shape index (κ2) is 4.33. The van der Waals surface area contributed by atoms with Crippen molar-refractivity contribution >= 4 is 28.9 Å². The molecule has 1 rings (SSSR count). The van der Waals surface area contributed by atoms with Crippen LogP contribution in [0.2, 0.25) is 0 Å². The van der Waals surface area contributed by atoms with Crippen LogP contribution in [0.1, 0.15) is 15.9 Å². The van der Waals surface area contributed by atoms with E-state index < -0.39 is 5.82 Å². The minimum Gasteiger partial charge on any atom is -0.298 e. The second-order valence-electron chi connectivity index (χ2n) is 2.37. The molecule has 0 saturated carbocycles. The zero-order valence-corrected chi connectivity index (χ0v) is 8.71. The van der Waals surface area contributed by atoms with Crippen molar-refractivity contribution in [1.82, 2.24) is 0 Å². The molecule has 0 saturated heterocycles. The Morgan fingerprint density at radius 1 is 1.62 bits per heavy atom. The molecule has 0 spiro atoms. The number of benzene rings is 1. The maximum Gasteiger partial charge on any atom is 0.153 e. The average molecular weight is 289 g/mol. The Hall–Kier alpha value is -0.960. The van der Waals surface area contributed by atoms with Crippen molar-refractivity contribution in [3.8, 4) is 6.07 Å². The van der Waals surface area contributed by atoms with Gasteiger partial charge < -0.3 is 0 Å². The van der Waals surface area contributed by atoms with E-state index in [1.54, 1.807) is 6.07 Å². The summed E-state index contributed by atoms with van der Waals surface area (Å²) >= 11 is 1.97. The first-order valence-corrected chi connectivity index (χ1v) is 4.57. The molecule has 0 N–H and O–H groups in total. The summed E-state index contributed by atoms with van der Waals surface area (Å²) in [6, 6.07) is 4.68. The second-order valence-corrected chi connectivity index (χ2v) is 3.54. The first-order chi connectivity index (χ1) is 6.20. The van der Waals surface area contributed by atoms with Crippen LogP contribution in [0.4, 0.5) is 4.39 Å². The Morgan fingerprint density at radius 3 is 2.85 bits per heavy atom. The summed E-state index contributed by atoms with van der Waals surface area (Å²) in [5.41, 5.74) is 0.464. The largest absolute Gasteiger partial charge is 0.298 e. The van der Waals surface area contributed by atoms with Gasteiger partial charge >= 0.3 is 0 Å². The third-order valence-electron chi connectivity index (χ3n) is 1.62. The van der Waals surface area contributed by atoms with Gasteiger partial charge in [0.1, 0.15) is 5.82 Å². The Morgan fingerprint density at radius 2 is 2.31 bits per heavy atom. The summed E-state index contributed by atoms with van der Waals surface area (Å²) < 4.78 is 13.7. The van der Waals surface area contributed by atoms with Crippen molar-refractivity contribution in [2.75, 3.05) is 0 Å². The van der Waals surface area contributed by atoms with Crippen molar-refractivity contribution in [3.05, 3.63) is 32.6 Å². The number of hydrogen-bond donors (Lipinski definition) is 0. The summed E-state index contributed by atoms with van der Waals surface area (Å²) in [7, 11) is 0. The highest BCUT2D eigenvalue weighted by Crippen LogP contribution is 2.19. The number of hydrogen-bond acceptors (Lipinski definition) is 2. The van der Waals surface area contributed by atoms with E-state index in [0.717, 1.165) is 3.57 Å². The van der Waals surface area contributed by atoms with Gasteiger partial charge in [-0.1, -0.05) is 0 Å². The van der Waals surface area contributed by atoms with E-state index in [9.17, 15) is 9.18 Å². The van der Waals surface area contributed by atoms with Crippen molar-refractivity contribution in [2.24, 2.45) is 0 Å². The van der Waals surface area contributed by atoms with E-state index >= 15 is 0 Å². The van der Waals surface area contributed by atoms with Gasteiger partial charge in [-0.15, -0.1) is 0 Å². The number of halogens is 2. The first-order valence-electron chi connectivity index (χ1n) is 3.49. The molecule has 0 aromatic heterocycles. The monoisotopic (exact) mass is 289 g/mol. The highest BCUT2D eigenvalue weighted by molar-refractivity contribution is 14.1. The lowest BCUT2D eigenvalue weighted by atomic mass is 10.1. The first kappa shape index (κ1) is 10.1. The molecule has 0 heterocycles. The molecule has 0 amide bonds. The van der Waals surface area contributed by atoms with E-state index in [1.807, 2.05) is 28.7 Å². The molecular formula is C9H5FINO. The van der Waals surface area contributed by atoms with Crippen molar-refractivity contribution < 1.29 is 9.18 Å². The topological polar surface area (TPSA) is 40.9 Å². The molecule has 0 atom stereocenters. The van der Waals surface area contributed by atoms with E-state index in [4.69, 9.17) is 5.26 Å².